The molecule has 4 nitrogen and oxygen atoms in total. The van der Waals surface area contributed by atoms with E-state index >= 15 is 0 Å². The topological polar surface area (TPSA) is 44.4 Å². The molecule has 2 N–H and O–H groups in total. The second-order valence-corrected chi connectivity index (χ2v) is 7.15. The van der Waals surface area contributed by atoms with Crippen LogP contribution >= 0.6 is 12.4 Å². The minimum Gasteiger partial charge on any atom is -0.348 e. The van der Waals surface area contributed by atoms with Crippen LogP contribution in [-0.2, 0) is 11.2 Å². The molecule has 0 bridgehead atoms. The van der Waals surface area contributed by atoms with Gasteiger partial charge in [0.15, 0.2) is 0 Å². The summed E-state index contributed by atoms with van der Waals surface area (Å²) in [6.45, 7) is 12.0. The third-order valence-corrected chi connectivity index (χ3v) is 4.49. The van der Waals surface area contributed by atoms with Gasteiger partial charge in [-0.15, -0.1) is 12.4 Å². The summed E-state index contributed by atoms with van der Waals surface area (Å²) in [5, 5.41) is 6.47. The van der Waals surface area contributed by atoms with Crippen LogP contribution in [0.4, 0.5) is 0 Å². The molecular formula is C19H32ClN3O. The van der Waals surface area contributed by atoms with E-state index in [9.17, 15) is 4.79 Å². The first-order chi connectivity index (χ1) is 11.0. The highest BCUT2D eigenvalue weighted by Gasteiger charge is 2.21. The third kappa shape index (κ3) is 6.42. The van der Waals surface area contributed by atoms with E-state index < -0.39 is 0 Å². The maximum atomic E-state index is 12.3. The molecule has 0 aromatic heterocycles. The lowest BCUT2D eigenvalue weighted by Crippen LogP contribution is -2.52. The van der Waals surface area contributed by atoms with Gasteiger partial charge in [-0.1, -0.05) is 38.1 Å². The van der Waals surface area contributed by atoms with E-state index in [0.717, 1.165) is 26.1 Å². The van der Waals surface area contributed by atoms with Crippen molar-refractivity contribution in [2.45, 2.75) is 46.2 Å². The first kappa shape index (κ1) is 20.9. The molecule has 24 heavy (non-hydrogen) atoms. The fourth-order valence-corrected chi connectivity index (χ4v) is 3.09. The lowest BCUT2D eigenvalue weighted by atomic mass is 10.00. The van der Waals surface area contributed by atoms with Crippen LogP contribution in [0.2, 0.25) is 0 Å². The normalized spacial score (nSPS) is 19.6. The Morgan fingerprint density at radius 1 is 1.29 bits per heavy atom. The number of hydrogen-bond donors (Lipinski definition) is 2. The summed E-state index contributed by atoms with van der Waals surface area (Å²) in [4.78, 5) is 14.5. The average molecular weight is 354 g/mol. The van der Waals surface area contributed by atoms with Crippen LogP contribution in [0.5, 0.6) is 0 Å². The van der Waals surface area contributed by atoms with Gasteiger partial charge in [-0.2, -0.15) is 0 Å². The van der Waals surface area contributed by atoms with Crippen LogP contribution in [-0.4, -0.2) is 43.0 Å². The second-order valence-electron chi connectivity index (χ2n) is 7.15. The smallest absolute Gasteiger partial charge is 0.234 e. The second kappa shape index (κ2) is 10.0. The van der Waals surface area contributed by atoms with Crippen LogP contribution in [0.25, 0.3) is 0 Å². The summed E-state index contributed by atoms with van der Waals surface area (Å²) in [6, 6.07) is 9.09. The molecule has 0 aliphatic carbocycles. The monoisotopic (exact) mass is 353 g/mol. The van der Waals surface area contributed by atoms with E-state index in [1.54, 1.807) is 0 Å². The zero-order chi connectivity index (χ0) is 16.8. The third-order valence-electron chi connectivity index (χ3n) is 4.49. The van der Waals surface area contributed by atoms with E-state index in [-0.39, 0.29) is 24.4 Å². The summed E-state index contributed by atoms with van der Waals surface area (Å²) >= 11 is 0. The molecule has 0 spiro atoms. The van der Waals surface area contributed by atoms with Crippen LogP contribution in [0.1, 0.15) is 44.9 Å². The SMILES string of the molecule is CC(C)Cc1ccc(C(C)NC(=O)CN2CCNC[C@H]2C)cc1.Cl. The summed E-state index contributed by atoms with van der Waals surface area (Å²) in [5.41, 5.74) is 2.52. The van der Waals surface area contributed by atoms with E-state index in [2.05, 4.69) is 67.5 Å². The van der Waals surface area contributed by atoms with Gasteiger partial charge in [0.05, 0.1) is 12.6 Å². The van der Waals surface area contributed by atoms with Crippen molar-refractivity contribution in [2.24, 2.45) is 5.92 Å². The first-order valence-electron chi connectivity index (χ1n) is 8.78. The summed E-state index contributed by atoms with van der Waals surface area (Å²) < 4.78 is 0. The molecule has 1 aliphatic rings. The number of nitrogens with one attached hydrogen (secondary N) is 2. The highest BCUT2D eigenvalue weighted by atomic mass is 35.5. The summed E-state index contributed by atoms with van der Waals surface area (Å²) in [7, 11) is 0. The van der Waals surface area contributed by atoms with Crippen molar-refractivity contribution in [3.8, 4) is 0 Å². The number of benzene rings is 1. The van der Waals surface area contributed by atoms with E-state index in [1.807, 2.05) is 0 Å². The van der Waals surface area contributed by atoms with Crippen LogP contribution in [0, 0.1) is 5.92 Å². The number of carbonyl (C=O) groups excluding carboxylic acids is 1. The average Bonchev–Trinajstić information content (AvgIpc) is 2.49. The lowest BCUT2D eigenvalue weighted by Gasteiger charge is -2.33. The van der Waals surface area contributed by atoms with E-state index in [4.69, 9.17) is 0 Å². The molecule has 1 amide bonds. The Balaban J connectivity index is 0.00000288. The molecular weight excluding hydrogens is 322 g/mol. The van der Waals surface area contributed by atoms with Gasteiger partial charge in [0.2, 0.25) is 5.91 Å². The van der Waals surface area contributed by atoms with Crippen molar-refractivity contribution in [2.75, 3.05) is 26.2 Å². The maximum absolute atomic E-state index is 12.3. The molecule has 1 aromatic rings. The van der Waals surface area contributed by atoms with Crippen LogP contribution < -0.4 is 10.6 Å². The summed E-state index contributed by atoms with van der Waals surface area (Å²) in [5.74, 6) is 0.775. The Morgan fingerprint density at radius 3 is 2.54 bits per heavy atom. The van der Waals surface area contributed by atoms with Crippen molar-refractivity contribution in [3.05, 3.63) is 35.4 Å². The Hall–Kier alpha value is -1.10. The maximum Gasteiger partial charge on any atom is 0.234 e. The van der Waals surface area contributed by atoms with E-state index in [1.165, 1.54) is 11.1 Å². The predicted octanol–water partition coefficient (Wildman–Crippen LogP) is 2.78. The minimum absolute atomic E-state index is 0. The molecule has 1 aromatic carbocycles. The highest BCUT2D eigenvalue weighted by Crippen LogP contribution is 2.15. The predicted molar refractivity (Wildman–Crippen MR) is 103 cm³/mol. The molecule has 1 saturated heterocycles. The number of halogens is 1. The van der Waals surface area contributed by atoms with Gasteiger partial charge in [0, 0.05) is 25.7 Å². The Labute approximate surface area is 152 Å². The Morgan fingerprint density at radius 2 is 1.96 bits per heavy atom. The Bertz CT molecular complexity index is 504. The lowest BCUT2D eigenvalue weighted by molar-refractivity contribution is -0.123. The molecule has 0 saturated carbocycles. The van der Waals surface area contributed by atoms with Crippen LogP contribution in [0.3, 0.4) is 0 Å². The molecule has 1 unspecified atom stereocenters. The standard InChI is InChI=1S/C19H31N3O.ClH/c1-14(2)11-17-5-7-18(8-6-17)16(4)21-19(23)13-22-10-9-20-12-15(22)3;/h5-8,14-16,20H,9-13H2,1-4H3,(H,21,23);1H/t15-,16?;/m1./s1. The Kier molecular flexibility index (Phi) is 8.74. The highest BCUT2D eigenvalue weighted by molar-refractivity contribution is 5.85. The number of nitrogens with zero attached hydrogens (tertiary/aromatic N) is 1. The van der Waals surface area contributed by atoms with Crippen LogP contribution in [0.15, 0.2) is 24.3 Å². The van der Waals surface area contributed by atoms with Gasteiger partial charge < -0.3 is 10.6 Å². The minimum atomic E-state index is 0. The number of carbonyl (C=O) groups is 1. The quantitative estimate of drug-likeness (QED) is 0.826. The van der Waals surface area contributed by atoms with Crippen molar-refractivity contribution in [1.29, 1.82) is 0 Å². The molecule has 1 heterocycles. The molecule has 5 heteroatoms. The first-order valence-corrected chi connectivity index (χ1v) is 8.78. The largest absolute Gasteiger partial charge is 0.348 e. The van der Waals surface area contributed by atoms with Gasteiger partial charge >= 0.3 is 0 Å². The fourth-order valence-electron chi connectivity index (χ4n) is 3.09. The molecule has 1 fully saturated rings. The van der Waals surface area contributed by atoms with Gasteiger partial charge in [-0.05, 0) is 37.3 Å². The zero-order valence-corrected chi connectivity index (χ0v) is 16.2. The van der Waals surface area contributed by atoms with Gasteiger partial charge in [0.1, 0.15) is 0 Å². The summed E-state index contributed by atoms with van der Waals surface area (Å²) in [6.07, 6.45) is 1.10. The fraction of sp³-hybridized carbons (Fsp3) is 0.632. The van der Waals surface area contributed by atoms with Gasteiger partial charge in [-0.25, -0.2) is 0 Å². The van der Waals surface area contributed by atoms with Crippen molar-refractivity contribution in [1.82, 2.24) is 15.5 Å². The zero-order valence-electron chi connectivity index (χ0n) is 15.3. The van der Waals surface area contributed by atoms with Crippen molar-refractivity contribution in [3.63, 3.8) is 0 Å². The van der Waals surface area contributed by atoms with Crippen molar-refractivity contribution >= 4 is 18.3 Å². The molecule has 136 valence electrons. The van der Waals surface area contributed by atoms with Crippen molar-refractivity contribution < 1.29 is 4.79 Å². The van der Waals surface area contributed by atoms with Gasteiger partial charge in [0.25, 0.3) is 0 Å². The molecule has 1 aliphatic heterocycles. The number of piperazine rings is 1. The van der Waals surface area contributed by atoms with Gasteiger partial charge in [-0.3, -0.25) is 9.69 Å². The molecule has 2 atom stereocenters. The number of amides is 1. The number of hydrogen-bond acceptors (Lipinski definition) is 3. The van der Waals surface area contributed by atoms with E-state index in [0.29, 0.717) is 18.5 Å². The molecule has 2 rings (SSSR count). The number of rotatable bonds is 6. The molecule has 0 radical (unpaired) electrons.